The third kappa shape index (κ3) is 5.71. The third-order valence-corrected chi connectivity index (χ3v) is 4.67. The van der Waals surface area contributed by atoms with E-state index >= 15 is 0 Å². The summed E-state index contributed by atoms with van der Waals surface area (Å²) >= 11 is 12.0. The van der Waals surface area contributed by atoms with Crippen molar-refractivity contribution in [2.45, 2.75) is 46.7 Å². The summed E-state index contributed by atoms with van der Waals surface area (Å²) in [5.74, 6) is 0.169. The van der Waals surface area contributed by atoms with Crippen LogP contribution in [0.1, 0.15) is 47.6 Å². The molecule has 1 unspecified atom stereocenters. The van der Waals surface area contributed by atoms with Gasteiger partial charge in [0.1, 0.15) is 11.8 Å². The molecule has 1 atom stereocenters. The molecule has 0 bridgehead atoms. The van der Waals surface area contributed by atoms with Gasteiger partial charge in [-0.3, -0.25) is 9.59 Å². The van der Waals surface area contributed by atoms with E-state index in [1.54, 1.807) is 13.0 Å². The molecule has 1 aromatic carbocycles. The van der Waals surface area contributed by atoms with Crippen molar-refractivity contribution in [3.63, 3.8) is 0 Å². The molecule has 0 radical (unpaired) electrons. The Morgan fingerprint density at radius 3 is 2.48 bits per heavy atom. The van der Waals surface area contributed by atoms with Gasteiger partial charge < -0.3 is 15.2 Å². The van der Waals surface area contributed by atoms with Gasteiger partial charge in [0.2, 0.25) is 5.91 Å². The number of hydrogen-bond acceptors (Lipinski definition) is 4. The summed E-state index contributed by atoms with van der Waals surface area (Å²) in [6.45, 7) is 7.85. The number of aryl methyl sites for hydroxylation is 2. The van der Waals surface area contributed by atoms with Gasteiger partial charge in [-0.15, -0.1) is 0 Å². The Bertz CT molecular complexity index is 814. The van der Waals surface area contributed by atoms with Crippen LogP contribution in [0.15, 0.2) is 22.7 Å². The fourth-order valence-electron chi connectivity index (χ4n) is 2.67. The van der Waals surface area contributed by atoms with Gasteiger partial charge >= 0.3 is 0 Å². The number of aromatic nitrogens is 1. The molecular weight excluding hydrogens is 389 g/mol. The maximum Gasteiger partial charge on any atom is 0.253 e. The number of amides is 2. The van der Waals surface area contributed by atoms with Crippen LogP contribution in [-0.4, -0.2) is 23.0 Å². The van der Waals surface area contributed by atoms with Crippen molar-refractivity contribution < 1.29 is 14.1 Å². The van der Waals surface area contributed by atoms with E-state index in [2.05, 4.69) is 15.8 Å². The standard InChI is InChI=1S/C19H23Cl2N3O3/c1-10(2)7-17(19(26)22-9-15-11(3)24-27-12(15)4)23-18(25)14-6-5-13(20)8-16(14)21/h5-6,8,10,17H,7,9H2,1-4H3,(H,22,26)(H,23,25). The molecule has 8 heteroatoms. The zero-order valence-electron chi connectivity index (χ0n) is 15.7. The first kappa shape index (κ1) is 21.3. The van der Waals surface area contributed by atoms with E-state index in [1.165, 1.54) is 12.1 Å². The van der Waals surface area contributed by atoms with E-state index in [9.17, 15) is 9.59 Å². The zero-order chi connectivity index (χ0) is 20.1. The molecule has 0 fully saturated rings. The monoisotopic (exact) mass is 411 g/mol. The summed E-state index contributed by atoms with van der Waals surface area (Å²) < 4.78 is 5.10. The number of nitrogens with one attached hydrogen (secondary N) is 2. The van der Waals surface area contributed by atoms with Gasteiger partial charge in [-0.25, -0.2) is 0 Å². The summed E-state index contributed by atoms with van der Waals surface area (Å²) in [4.78, 5) is 25.2. The van der Waals surface area contributed by atoms with Crippen molar-refractivity contribution >= 4 is 35.0 Å². The highest BCUT2D eigenvalue weighted by molar-refractivity contribution is 6.36. The summed E-state index contributed by atoms with van der Waals surface area (Å²) in [5.41, 5.74) is 1.83. The molecule has 0 aliphatic heterocycles. The van der Waals surface area contributed by atoms with Crippen molar-refractivity contribution in [1.82, 2.24) is 15.8 Å². The second-order valence-corrected chi connectivity index (χ2v) is 7.64. The molecule has 0 spiro atoms. The first-order chi connectivity index (χ1) is 12.7. The minimum Gasteiger partial charge on any atom is -0.361 e. The molecule has 1 heterocycles. The van der Waals surface area contributed by atoms with Gasteiger partial charge in [0.05, 0.1) is 16.3 Å². The fraction of sp³-hybridized carbons (Fsp3) is 0.421. The van der Waals surface area contributed by atoms with Crippen LogP contribution in [-0.2, 0) is 11.3 Å². The first-order valence-corrected chi connectivity index (χ1v) is 9.40. The van der Waals surface area contributed by atoms with Gasteiger partial charge in [0.15, 0.2) is 0 Å². The average Bonchev–Trinajstić information content (AvgIpc) is 2.89. The number of nitrogens with zero attached hydrogens (tertiary/aromatic N) is 1. The minimum atomic E-state index is -0.690. The molecule has 2 amide bonds. The lowest BCUT2D eigenvalue weighted by atomic mass is 10.0. The van der Waals surface area contributed by atoms with Crippen LogP contribution in [0.5, 0.6) is 0 Å². The van der Waals surface area contributed by atoms with Crippen LogP contribution >= 0.6 is 23.2 Å². The summed E-state index contributed by atoms with van der Waals surface area (Å²) in [6.07, 6.45) is 0.490. The second-order valence-electron chi connectivity index (χ2n) is 6.80. The topological polar surface area (TPSA) is 84.2 Å². The lowest BCUT2D eigenvalue weighted by Gasteiger charge is -2.20. The zero-order valence-corrected chi connectivity index (χ0v) is 17.2. The van der Waals surface area contributed by atoms with E-state index < -0.39 is 11.9 Å². The number of benzene rings is 1. The Morgan fingerprint density at radius 1 is 1.22 bits per heavy atom. The summed E-state index contributed by atoms with van der Waals surface area (Å²) in [6, 6.07) is 3.92. The third-order valence-electron chi connectivity index (χ3n) is 4.13. The van der Waals surface area contributed by atoms with E-state index in [1.807, 2.05) is 20.8 Å². The van der Waals surface area contributed by atoms with Gasteiger partial charge in [0, 0.05) is 17.1 Å². The Hall–Kier alpha value is -2.05. The second kappa shape index (κ2) is 9.24. The van der Waals surface area contributed by atoms with Crippen LogP contribution in [0.25, 0.3) is 0 Å². The number of carbonyl (C=O) groups is 2. The first-order valence-electron chi connectivity index (χ1n) is 8.64. The smallest absolute Gasteiger partial charge is 0.253 e. The maximum atomic E-state index is 12.7. The van der Waals surface area contributed by atoms with Crippen molar-refractivity contribution in [1.29, 1.82) is 0 Å². The molecular formula is C19H23Cl2N3O3. The lowest BCUT2D eigenvalue weighted by molar-refractivity contribution is -0.123. The molecule has 0 aliphatic carbocycles. The molecule has 0 saturated carbocycles. The largest absolute Gasteiger partial charge is 0.361 e. The molecule has 2 aromatic rings. The van der Waals surface area contributed by atoms with Crippen LogP contribution in [0.3, 0.4) is 0 Å². The van der Waals surface area contributed by atoms with Crippen LogP contribution < -0.4 is 10.6 Å². The number of rotatable bonds is 7. The molecule has 1 aromatic heterocycles. The van der Waals surface area contributed by atoms with Gasteiger partial charge in [-0.1, -0.05) is 42.2 Å². The number of carbonyl (C=O) groups excluding carboxylic acids is 2. The molecule has 0 aliphatic rings. The predicted molar refractivity (Wildman–Crippen MR) is 105 cm³/mol. The number of halogens is 2. The maximum absolute atomic E-state index is 12.7. The minimum absolute atomic E-state index is 0.209. The Balaban J connectivity index is 2.09. The highest BCUT2D eigenvalue weighted by Crippen LogP contribution is 2.21. The lowest BCUT2D eigenvalue weighted by Crippen LogP contribution is -2.47. The SMILES string of the molecule is Cc1noc(C)c1CNC(=O)C(CC(C)C)NC(=O)c1ccc(Cl)cc1Cl. The molecule has 2 rings (SSSR count). The molecule has 2 N–H and O–H groups in total. The van der Waals surface area contributed by atoms with Crippen LogP contribution in [0.4, 0.5) is 0 Å². The van der Waals surface area contributed by atoms with Crippen molar-refractivity contribution in [3.8, 4) is 0 Å². The Morgan fingerprint density at radius 2 is 1.93 bits per heavy atom. The Kier molecular flexibility index (Phi) is 7.27. The fourth-order valence-corrected chi connectivity index (χ4v) is 3.16. The van der Waals surface area contributed by atoms with E-state index in [-0.39, 0.29) is 29.0 Å². The van der Waals surface area contributed by atoms with Crippen LogP contribution in [0, 0.1) is 19.8 Å². The van der Waals surface area contributed by atoms with Gasteiger partial charge in [-0.05, 0) is 44.4 Å². The highest BCUT2D eigenvalue weighted by Gasteiger charge is 2.24. The predicted octanol–water partition coefficient (Wildman–Crippen LogP) is 4.06. The van der Waals surface area contributed by atoms with E-state index in [4.69, 9.17) is 27.7 Å². The molecule has 6 nitrogen and oxygen atoms in total. The highest BCUT2D eigenvalue weighted by atomic mass is 35.5. The van der Waals surface area contributed by atoms with E-state index in [0.717, 1.165) is 11.3 Å². The summed E-state index contributed by atoms with van der Waals surface area (Å²) in [7, 11) is 0. The molecule has 146 valence electrons. The summed E-state index contributed by atoms with van der Waals surface area (Å²) in [5, 5.41) is 10.2. The average molecular weight is 412 g/mol. The molecule has 0 saturated heterocycles. The van der Waals surface area contributed by atoms with Crippen LogP contribution in [0.2, 0.25) is 10.0 Å². The number of hydrogen-bond donors (Lipinski definition) is 2. The van der Waals surface area contributed by atoms with Crippen molar-refractivity contribution in [2.75, 3.05) is 0 Å². The Labute approximate surface area is 168 Å². The quantitative estimate of drug-likeness (QED) is 0.719. The van der Waals surface area contributed by atoms with Gasteiger partial charge in [-0.2, -0.15) is 0 Å². The van der Waals surface area contributed by atoms with Crippen molar-refractivity contribution in [3.05, 3.63) is 50.8 Å². The van der Waals surface area contributed by atoms with E-state index in [0.29, 0.717) is 17.2 Å². The van der Waals surface area contributed by atoms with Crippen molar-refractivity contribution in [2.24, 2.45) is 5.92 Å². The normalized spacial score (nSPS) is 12.1. The molecule has 27 heavy (non-hydrogen) atoms. The van der Waals surface area contributed by atoms with Gasteiger partial charge in [0.25, 0.3) is 5.91 Å².